The lowest BCUT2D eigenvalue weighted by molar-refractivity contribution is -0.175. The first-order chi connectivity index (χ1) is 14.9. The minimum atomic E-state index is -5.13. The van der Waals surface area contributed by atoms with E-state index in [1.807, 2.05) is 0 Å². The quantitative estimate of drug-likeness (QED) is 0.548. The van der Waals surface area contributed by atoms with Gasteiger partial charge in [-0.05, 0) is 43.0 Å². The minimum absolute atomic E-state index is 0.0178. The summed E-state index contributed by atoms with van der Waals surface area (Å²) in [4.78, 5) is 35.1. The lowest BCUT2D eigenvalue weighted by Gasteiger charge is -2.22. The van der Waals surface area contributed by atoms with Crippen LogP contribution in [0.4, 0.5) is 17.6 Å². The van der Waals surface area contributed by atoms with Gasteiger partial charge in [-0.1, -0.05) is 35.9 Å². The molecule has 0 aliphatic heterocycles. The molecule has 0 unspecified atom stereocenters. The fraction of sp³-hybridized carbons (Fsp3) is 0.286. The zero-order chi connectivity index (χ0) is 23.8. The summed E-state index contributed by atoms with van der Waals surface area (Å²) >= 11 is 5.94. The Morgan fingerprint density at radius 2 is 1.81 bits per heavy atom. The van der Waals surface area contributed by atoms with Gasteiger partial charge in [0.25, 0.3) is 0 Å². The fourth-order valence-electron chi connectivity index (χ4n) is 3.26. The summed E-state index contributed by atoms with van der Waals surface area (Å²) in [6.07, 6.45) is -5.07. The van der Waals surface area contributed by atoms with Gasteiger partial charge in [-0.3, -0.25) is 9.59 Å². The van der Waals surface area contributed by atoms with Crippen LogP contribution < -0.4 is 10.6 Å². The van der Waals surface area contributed by atoms with Crippen LogP contribution in [0.2, 0.25) is 5.02 Å². The summed E-state index contributed by atoms with van der Waals surface area (Å²) < 4.78 is 52.3. The fourth-order valence-corrected chi connectivity index (χ4v) is 3.52. The van der Waals surface area contributed by atoms with Crippen molar-refractivity contribution in [3.05, 3.63) is 58.4 Å². The van der Waals surface area contributed by atoms with Gasteiger partial charge < -0.3 is 15.7 Å². The Balaban J connectivity index is 1.79. The lowest BCUT2D eigenvalue weighted by Crippen LogP contribution is -2.53. The number of carboxylic acid groups (broad SMARTS) is 1. The van der Waals surface area contributed by atoms with E-state index in [0.29, 0.717) is 0 Å². The number of rotatable bonds is 6. The largest absolute Gasteiger partial charge is 0.478 e. The topological polar surface area (TPSA) is 95.5 Å². The molecule has 2 aromatic rings. The van der Waals surface area contributed by atoms with Crippen LogP contribution in [0.1, 0.15) is 41.7 Å². The number of aromatic carboxylic acids is 1. The van der Waals surface area contributed by atoms with Gasteiger partial charge in [-0.15, -0.1) is 0 Å². The van der Waals surface area contributed by atoms with Gasteiger partial charge in [0.05, 0.1) is 16.6 Å². The van der Waals surface area contributed by atoms with E-state index < -0.39 is 41.4 Å². The number of hydrogen-bond donors (Lipinski definition) is 3. The SMILES string of the molecule is C[C@@H](NC(=O)C1(NC(=O)C(F)(F)F)CC1)c1ccc(-c2cccc(Cl)c2C(=O)O)cc1F. The van der Waals surface area contributed by atoms with Crippen molar-refractivity contribution in [2.45, 2.75) is 37.5 Å². The molecule has 1 aliphatic rings. The van der Waals surface area contributed by atoms with Crippen molar-refractivity contribution in [3.8, 4) is 11.1 Å². The van der Waals surface area contributed by atoms with E-state index >= 15 is 0 Å². The van der Waals surface area contributed by atoms with Gasteiger partial charge in [0.15, 0.2) is 0 Å². The number of amides is 2. The van der Waals surface area contributed by atoms with Gasteiger partial charge >= 0.3 is 18.1 Å². The van der Waals surface area contributed by atoms with E-state index in [-0.39, 0.29) is 40.1 Å². The molecule has 32 heavy (non-hydrogen) atoms. The normalized spacial score (nSPS) is 15.6. The molecule has 170 valence electrons. The molecule has 6 nitrogen and oxygen atoms in total. The van der Waals surface area contributed by atoms with Crippen LogP contribution in [0.15, 0.2) is 36.4 Å². The second-order valence-electron chi connectivity index (χ2n) is 7.43. The highest BCUT2D eigenvalue weighted by Crippen LogP contribution is 2.38. The standard InChI is InChI=1S/C21H17ClF4N2O4/c1-10(27-18(31)20(7-8-20)28-19(32)21(24,25)26)12-6-5-11(9-15(12)23)13-3-2-4-14(22)16(13)17(29)30/h2-6,9-10H,7-8H2,1H3,(H,27,31)(H,28,32)(H,29,30)/t10-/m1/s1. The molecule has 1 saturated carbocycles. The van der Waals surface area contributed by atoms with Crippen LogP contribution >= 0.6 is 11.6 Å². The van der Waals surface area contributed by atoms with E-state index in [4.69, 9.17) is 11.6 Å². The molecular formula is C21H17ClF4N2O4. The zero-order valence-electron chi connectivity index (χ0n) is 16.5. The van der Waals surface area contributed by atoms with Crippen molar-refractivity contribution >= 4 is 29.4 Å². The summed E-state index contributed by atoms with van der Waals surface area (Å²) in [7, 11) is 0. The number of carboxylic acids is 1. The third-order valence-corrected chi connectivity index (χ3v) is 5.46. The van der Waals surface area contributed by atoms with E-state index in [2.05, 4.69) is 5.32 Å². The molecule has 0 spiro atoms. The molecule has 3 N–H and O–H groups in total. The molecule has 1 aliphatic carbocycles. The Morgan fingerprint density at radius 3 is 2.34 bits per heavy atom. The minimum Gasteiger partial charge on any atom is -0.478 e. The molecule has 0 bridgehead atoms. The maximum absolute atomic E-state index is 14.8. The van der Waals surface area contributed by atoms with Crippen molar-refractivity contribution in [2.75, 3.05) is 0 Å². The van der Waals surface area contributed by atoms with Crippen molar-refractivity contribution < 1.29 is 37.1 Å². The van der Waals surface area contributed by atoms with Crippen LogP contribution in [0.5, 0.6) is 0 Å². The maximum Gasteiger partial charge on any atom is 0.471 e. The molecule has 0 saturated heterocycles. The Bertz CT molecular complexity index is 1100. The molecule has 2 amide bonds. The number of hydrogen-bond acceptors (Lipinski definition) is 3. The molecule has 1 atom stereocenters. The first-order valence-electron chi connectivity index (χ1n) is 9.37. The van der Waals surface area contributed by atoms with Gasteiger partial charge in [-0.2, -0.15) is 13.2 Å². The Labute approximate surface area is 184 Å². The second-order valence-corrected chi connectivity index (χ2v) is 7.84. The van der Waals surface area contributed by atoms with E-state index in [1.165, 1.54) is 37.3 Å². The summed E-state index contributed by atoms with van der Waals surface area (Å²) in [5.41, 5.74) is -1.41. The van der Waals surface area contributed by atoms with E-state index in [0.717, 1.165) is 6.07 Å². The first-order valence-corrected chi connectivity index (χ1v) is 9.75. The average molecular weight is 473 g/mol. The number of carbonyl (C=O) groups excluding carboxylic acids is 2. The Morgan fingerprint density at radius 1 is 1.16 bits per heavy atom. The van der Waals surface area contributed by atoms with E-state index in [9.17, 15) is 37.1 Å². The monoisotopic (exact) mass is 472 g/mol. The molecule has 0 radical (unpaired) electrons. The average Bonchev–Trinajstić information content (AvgIpc) is 3.47. The summed E-state index contributed by atoms with van der Waals surface area (Å²) in [6.45, 7) is 1.43. The third kappa shape index (κ3) is 4.69. The van der Waals surface area contributed by atoms with Crippen molar-refractivity contribution in [2.24, 2.45) is 0 Å². The number of benzene rings is 2. The zero-order valence-corrected chi connectivity index (χ0v) is 17.3. The van der Waals surface area contributed by atoms with Crippen LogP contribution in [-0.4, -0.2) is 34.6 Å². The predicted octanol–water partition coefficient (Wildman–Crippen LogP) is 4.23. The Hall–Kier alpha value is -3.14. The number of nitrogens with one attached hydrogen (secondary N) is 2. The molecular weight excluding hydrogens is 456 g/mol. The molecule has 1 fully saturated rings. The second kappa shape index (κ2) is 8.42. The van der Waals surface area contributed by atoms with Crippen LogP contribution in [-0.2, 0) is 9.59 Å². The van der Waals surface area contributed by atoms with E-state index in [1.54, 1.807) is 5.32 Å². The number of carbonyl (C=O) groups is 3. The molecule has 0 aromatic heterocycles. The summed E-state index contributed by atoms with van der Waals surface area (Å²) in [5, 5.41) is 13.5. The van der Waals surface area contributed by atoms with Gasteiger partial charge in [0.2, 0.25) is 5.91 Å². The smallest absolute Gasteiger partial charge is 0.471 e. The first kappa shape index (κ1) is 23.5. The molecule has 0 heterocycles. The Kier molecular flexibility index (Phi) is 6.19. The van der Waals surface area contributed by atoms with Crippen LogP contribution in [0.25, 0.3) is 11.1 Å². The van der Waals surface area contributed by atoms with Crippen molar-refractivity contribution in [1.82, 2.24) is 10.6 Å². The number of halogens is 5. The molecule has 3 rings (SSSR count). The highest BCUT2D eigenvalue weighted by Gasteiger charge is 2.55. The third-order valence-electron chi connectivity index (χ3n) is 5.15. The number of alkyl halides is 3. The molecule has 11 heteroatoms. The highest BCUT2D eigenvalue weighted by atomic mass is 35.5. The predicted molar refractivity (Wildman–Crippen MR) is 107 cm³/mol. The van der Waals surface area contributed by atoms with Crippen molar-refractivity contribution in [1.29, 1.82) is 0 Å². The van der Waals surface area contributed by atoms with Crippen molar-refractivity contribution in [3.63, 3.8) is 0 Å². The van der Waals surface area contributed by atoms with Gasteiger partial charge in [0.1, 0.15) is 11.4 Å². The van der Waals surface area contributed by atoms with Crippen LogP contribution in [0.3, 0.4) is 0 Å². The van der Waals surface area contributed by atoms with Gasteiger partial charge in [-0.25, -0.2) is 9.18 Å². The highest BCUT2D eigenvalue weighted by molar-refractivity contribution is 6.34. The van der Waals surface area contributed by atoms with Gasteiger partial charge in [0, 0.05) is 5.56 Å². The summed E-state index contributed by atoms with van der Waals surface area (Å²) in [6, 6.07) is 7.29. The maximum atomic E-state index is 14.8. The molecule has 2 aromatic carbocycles. The lowest BCUT2D eigenvalue weighted by atomic mass is 9.96. The van der Waals surface area contributed by atoms with Crippen LogP contribution in [0, 0.1) is 5.82 Å². The summed E-state index contributed by atoms with van der Waals surface area (Å²) in [5.74, 6) is -5.12.